The highest BCUT2D eigenvalue weighted by atomic mass is 19.1. The first-order valence-corrected chi connectivity index (χ1v) is 7.67. The number of piperazine rings is 1. The van der Waals surface area contributed by atoms with Crippen molar-refractivity contribution in [3.05, 3.63) is 35.6 Å². The Labute approximate surface area is 129 Å². The molecule has 2 aliphatic heterocycles. The molecule has 1 aromatic rings. The van der Waals surface area contributed by atoms with Gasteiger partial charge < -0.3 is 14.4 Å². The molecule has 0 N–H and O–H groups in total. The molecule has 0 aliphatic carbocycles. The van der Waals surface area contributed by atoms with Crippen LogP contribution < -0.4 is 0 Å². The van der Waals surface area contributed by atoms with E-state index in [9.17, 15) is 9.18 Å². The highest BCUT2D eigenvalue weighted by Gasteiger charge is 2.29. The van der Waals surface area contributed by atoms with E-state index in [1.54, 1.807) is 12.1 Å². The lowest BCUT2D eigenvalue weighted by Crippen LogP contribution is -2.53. The van der Waals surface area contributed by atoms with Gasteiger partial charge in [-0.3, -0.25) is 9.69 Å². The van der Waals surface area contributed by atoms with E-state index in [4.69, 9.17) is 9.47 Å². The van der Waals surface area contributed by atoms with Crippen LogP contribution in [-0.4, -0.2) is 67.8 Å². The van der Waals surface area contributed by atoms with Gasteiger partial charge >= 0.3 is 0 Å². The van der Waals surface area contributed by atoms with Crippen LogP contribution in [0.3, 0.4) is 0 Å². The number of carbonyl (C=O) groups excluding carboxylic acids is 1. The second kappa shape index (κ2) is 7.17. The summed E-state index contributed by atoms with van der Waals surface area (Å²) in [5.74, 6) is -0.189. The second-order valence-corrected chi connectivity index (χ2v) is 5.67. The summed E-state index contributed by atoms with van der Waals surface area (Å²) in [6.07, 6.45) is -0.455. The third-order valence-corrected chi connectivity index (χ3v) is 4.07. The Morgan fingerprint density at radius 2 is 2.05 bits per heavy atom. The van der Waals surface area contributed by atoms with E-state index in [1.807, 2.05) is 11.0 Å². The third-order valence-electron chi connectivity index (χ3n) is 4.07. The number of hydrogen-bond donors (Lipinski definition) is 0. The third kappa shape index (κ3) is 3.82. The SMILES string of the molecule is O=C([C@@H]1COCCO1)N1CCN(Cc2cccc(F)c2)CC1. The minimum absolute atomic E-state index is 0.0186. The predicted molar refractivity (Wildman–Crippen MR) is 78.8 cm³/mol. The summed E-state index contributed by atoms with van der Waals surface area (Å²) >= 11 is 0. The number of halogens is 1. The summed E-state index contributed by atoms with van der Waals surface area (Å²) < 4.78 is 23.9. The summed E-state index contributed by atoms with van der Waals surface area (Å²) in [6, 6.07) is 6.66. The van der Waals surface area contributed by atoms with E-state index in [2.05, 4.69) is 4.90 Å². The van der Waals surface area contributed by atoms with Crippen molar-refractivity contribution in [2.45, 2.75) is 12.6 Å². The molecule has 3 rings (SSSR count). The molecule has 120 valence electrons. The van der Waals surface area contributed by atoms with E-state index < -0.39 is 6.10 Å². The van der Waals surface area contributed by atoms with Crippen LogP contribution in [0.15, 0.2) is 24.3 Å². The molecular formula is C16H21FN2O3. The lowest BCUT2D eigenvalue weighted by Gasteiger charge is -2.37. The van der Waals surface area contributed by atoms with Gasteiger partial charge in [-0.2, -0.15) is 0 Å². The Balaban J connectivity index is 1.48. The van der Waals surface area contributed by atoms with Gasteiger partial charge in [0.2, 0.25) is 0 Å². The highest BCUT2D eigenvalue weighted by molar-refractivity contribution is 5.81. The molecule has 0 radical (unpaired) electrons. The van der Waals surface area contributed by atoms with Crippen LogP contribution in [0.2, 0.25) is 0 Å². The number of rotatable bonds is 3. The normalized spacial score (nSPS) is 23.5. The molecule has 2 fully saturated rings. The van der Waals surface area contributed by atoms with E-state index in [0.717, 1.165) is 18.7 Å². The number of benzene rings is 1. The summed E-state index contributed by atoms with van der Waals surface area (Å²) in [5.41, 5.74) is 0.962. The van der Waals surface area contributed by atoms with Gasteiger partial charge in [0.1, 0.15) is 5.82 Å². The van der Waals surface area contributed by atoms with Gasteiger partial charge in [0.05, 0.1) is 19.8 Å². The lowest BCUT2D eigenvalue weighted by molar-refractivity contribution is -0.159. The predicted octanol–water partition coefficient (Wildman–Crippen LogP) is 0.885. The van der Waals surface area contributed by atoms with Crippen molar-refractivity contribution in [2.24, 2.45) is 0 Å². The molecule has 0 unspecified atom stereocenters. The Morgan fingerprint density at radius 1 is 1.23 bits per heavy atom. The monoisotopic (exact) mass is 308 g/mol. The summed E-state index contributed by atoms with van der Waals surface area (Å²) in [6.45, 7) is 5.03. The zero-order valence-electron chi connectivity index (χ0n) is 12.5. The summed E-state index contributed by atoms with van der Waals surface area (Å²) in [5, 5.41) is 0. The molecule has 22 heavy (non-hydrogen) atoms. The standard InChI is InChI=1S/C16H21FN2O3/c17-14-3-1-2-13(10-14)11-18-4-6-19(7-5-18)16(20)15-12-21-8-9-22-15/h1-3,10,15H,4-9,11-12H2/t15-/m0/s1. The topological polar surface area (TPSA) is 42.0 Å². The van der Waals surface area contributed by atoms with Crippen molar-refractivity contribution in [1.82, 2.24) is 9.80 Å². The smallest absolute Gasteiger partial charge is 0.254 e. The van der Waals surface area contributed by atoms with Crippen LogP contribution in [-0.2, 0) is 20.8 Å². The van der Waals surface area contributed by atoms with Crippen molar-refractivity contribution in [3.63, 3.8) is 0 Å². The fraction of sp³-hybridized carbons (Fsp3) is 0.562. The van der Waals surface area contributed by atoms with Crippen molar-refractivity contribution < 1.29 is 18.7 Å². The molecule has 5 nitrogen and oxygen atoms in total. The summed E-state index contributed by atoms with van der Waals surface area (Å²) in [4.78, 5) is 16.4. The van der Waals surface area contributed by atoms with Gasteiger partial charge in [0.25, 0.3) is 5.91 Å². The number of carbonyl (C=O) groups is 1. The van der Waals surface area contributed by atoms with Gasteiger partial charge in [-0.05, 0) is 17.7 Å². The summed E-state index contributed by atoms with van der Waals surface area (Å²) in [7, 11) is 0. The van der Waals surface area contributed by atoms with Crippen molar-refractivity contribution in [2.75, 3.05) is 46.0 Å². The Hall–Kier alpha value is -1.50. The van der Waals surface area contributed by atoms with E-state index in [1.165, 1.54) is 6.07 Å². The van der Waals surface area contributed by atoms with Gasteiger partial charge in [-0.1, -0.05) is 12.1 Å². The molecule has 0 saturated carbocycles. The van der Waals surface area contributed by atoms with Crippen LogP contribution in [0, 0.1) is 5.82 Å². The Kier molecular flexibility index (Phi) is 5.02. The minimum atomic E-state index is -0.455. The van der Waals surface area contributed by atoms with E-state index in [0.29, 0.717) is 39.5 Å². The molecular weight excluding hydrogens is 287 g/mol. The fourth-order valence-electron chi connectivity index (χ4n) is 2.85. The second-order valence-electron chi connectivity index (χ2n) is 5.67. The quantitative estimate of drug-likeness (QED) is 0.831. The maximum absolute atomic E-state index is 13.2. The first kappa shape index (κ1) is 15.4. The maximum atomic E-state index is 13.2. The molecule has 0 spiro atoms. The molecule has 0 aromatic heterocycles. The zero-order chi connectivity index (χ0) is 15.4. The number of amides is 1. The largest absolute Gasteiger partial charge is 0.376 e. The molecule has 0 bridgehead atoms. The molecule has 1 atom stereocenters. The zero-order valence-corrected chi connectivity index (χ0v) is 12.5. The van der Waals surface area contributed by atoms with Crippen LogP contribution in [0.5, 0.6) is 0 Å². The van der Waals surface area contributed by atoms with Gasteiger partial charge in [0.15, 0.2) is 6.10 Å². The average Bonchev–Trinajstić information content (AvgIpc) is 2.56. The molecule has 6 heteroatoms. The number of hydrogen-bond acceptors (Lipinski definition) is 4. The Morgan fingerprint density at radius 3 is 2.73 bits per heavy atom. The average molecular weight is 308 g/mol. The first-order chi connectivity index (χ1) is 10.7. The van der Waals surface area contributed by atoms with Crippen molar-refractivity contribution in [3.8, 4) is 0 Å². The van der Waals surface area contributed by atoms with Gasteiger partial charge in [-0.25, -0.2) is 4.39 Å². The first-order valence-electron chi connectivity index (χ1n) is 7.67. The minimum Gasteiger partial charge on any atom is -0.376 e. The van der Waals surface area contributed by atoms with Crippen LogP contribution in [0.4, 0.5) is 4.39 Å². The molecule has 1 amide bonds. The van der Waals surface area contributed by atoms with E-state index >= 15 is 0 Å². The lowest BCUT2D eigenvalue weighted by atomic mass is 10.2. The van der Waals surface area contributed by atoms with Gasteiger partial charge in [0, 0.05) is 32.7 Å². The molecule has 2 aliphatic rings. The highest BCUT2D eigenvalue weighted by Crippen LogP contribution is 2.12. The molecule has 2 saturated heterocycles. The van der Waals surface area contributed by atoms with E-state index in [-0.39, 0.29) is 11.7 Å². The van der Waals surface area contributed by atoms with Gasteiger partial charge in [-0.15, -0.1) is 0 Å². The van der Waals surface area contributed by atoms with Crippen molar-refractivity contribution in [1.29, 1.82) is 0 Å². The van der Waals surface area contributed by atoms with Crippen molar-refractivity contribution >= 4 is 5.91 Å². The molecule has 2 heterocycles. The van der Waals surface area contributed by atoms with Crippen LogP contribution in [0.25, 0.3) is 0 Å². The van der Waals surface area contributed by atoms with Crippen LogP contribution in [0.1, 0.15) is 5.56 Å². The Bertz CT molecular complexity index is 512. The number of ether oxygens (including phenoxy) is 2. The molecule has 1 aromatic carbocycles. The fourth-order valence-corrected chi connectivity index (χ4v) is 2.85. The maximum Gasteiger partial charge on any atom is 0.254 e. The number of nitrogens with zero attached hydrogens (tertiary/aromatic N) is 2. The van der Waals surface area contributed by atoms with Crippen LogP contribution >= 0.6 is 0 Å².